The van der Waals surface area contributed by atoms with Crippen molar-refractivity contribution in [3.63, 3.8) is 0 Å². The van der Waals surface area contributed by atoms with Crippen LogP contribution in [0.3, 0.4) is 0 Å². The first kappa shape index (κ1) is 21.9. The minimum Gasteiger partial charge on any atom is -0.493 e. The number of H-pyrrole nitrogens is 1. The van der Waals surface area contributed by atoms with Gasteiger partial charge in [-0.2, -0.15) is 0 Å². The molecule has 7 heteroatoms. The number of imidazole rings is 1. The van der Waals surface area contributed by atoms with E-state index in [0.29, 0.717) is 22.4 Å². The smallest absolute Gasteiger partial charge is 0.171 e. The van der Waals surface area contributed by atoms with Gasteiger partial charge in [-0.25, -0.2) is 4.98 Å². The number of ether oxygens (including phenoxy) is 2. The van der Waals surface area contributed by atoms with Crippen molar-refractivity contribution in [1.82, 2.24) is 20.2 Å². The number of benzene rings is 2. The maximum atomic E-state index is 6.32. The summed E-state index contributed by atoms with van der Waals surface area (Å²) in [5.74, 6) is 2.53. The minimum atomic E-state index is 0.579. The van der Waals surface area contributed by atoms with Gasteiger partial charge in [0.2, 0.25) is 0 Å². The van der Waals surface area contributed by atoms with E-state index in [0.717, 1.165) is 48.6 Å². The summed E-state index contributed by atoms with van der Waals surface area (Å²) < 4.78 is 11.1. The van der Waals surface area contributed by atoms with Gasteiger partial charge in [0, 0.05) is 24.2 Å². The van der Waals surface area contributed by atoms with E-state index in [1.807, 2.05) is 13.1 Å². The van der Waals surface area contributed by atoms with Crippen molar-refractivity contribution in [3.8, 4) is 22.9 Å². The van der Waals surface area contributed by atoms with Gasteiger partial charge in [0.1, 0.15) is 5.82 Å². The summed E-state index contributed by atoms with van der Waals surface area (Å²) in [4.78, 5) is 10.9. The molecule has 1 aliphatic rings. The monoisotopic (exact) mass is 442 g/mol. The van der Waals surface area contributed by atoms with Crippen LogP contribution in [0, 0.1) is 6.92 Å². The highest BCUT2D eigenvalue weighted by Gasteiger charge is 2.22. The number of rotatable bonds is 7. The van der Waals surface area contributed by atoms with Crippen LogP contribution in [0.15, 0.2) is 24.3 Å². The number of nitrogens with one attached hydrogen (secondary N) is 2. The van der Waals surface area contributed by atoms with Gasteiger partial charge in [-0.15, -0.1) is 0 Å². The fourth-order valence-corrected chi connectivity index (χ4v) is 4.76. The molecule has 0 aliphatic carbocycles. The highest BCUT2D eigenvalue weighted by molar-refractivity contribution is 6.31. The molecule has 2 heterocycles. The fraction of sp³-hybridized carbons (Fsp3) is 0.458. The van der Waals surface area contributed by atoms with Crippen LogP contribution >= 0.6 is 11.6 Å². The van der Waals surface area contributed by atoms with Crippen LogP contribution in [-0.2, 0) is 0 Å². The molecule has 1 aromatic heterocycles. The second-order valence-electron chi connectivity index (χ2n) is 8.23. The van der Waals surface area contributed by atoms with Gasteiger partial charge in [-0.1, -0.05) is 17.7 Å². The van der Waals surface area contributed by atoms with Crippen molar-refractivity contribution < 1.29 is 9.47 Å². The predicted octanol–water partition coefficient (Wildman–Crippen LogP) is 4.61. The molecule has 0 atom stereocenters. The van der Waals surface area contributed by atoms with E-state index in [4.69, 9.17) is 26.1 Å². The molecule has 1 saturated heterocycles. The molecule has 0 amide bonds. The number of aromatic nitrogens is 2. The number of halogens is 1. The Balaban J connectivity index is 1.65. The zero-order valence-electron chi connectivity index (χ0n) is 18.7. The van der Waals surface area contributed by atoms with Crippen LogP contribution < -0.4 is 14.8 Å². The van der Waals surface area contributed by atoms with Crippen molar-refractivity contribution in [2.75, 3.05) is 47.4 Å². The van der Waals surface area contributed by atoms with E-state index in [1.165, 1.54) is 24.0 Å². The first-order valence-electron chi connectivity index (χ1n) is 10.8. The molecule has 166 valence electrons. The normalized spacial score (nSPS) is 15.5. The molecule has 1 aliphatic heterocycles. The summed E-state index contributed by atoms with van der Waals surface area (Å²) in [5, 5.41) is 3.82. The Morgan fingerprint density at radius 3 is 2.61 bits per heavy atom. The van der Waals surface area contributed by atoms with Crippen molar-refractivity contribution in [1.29, 1.82) is 0 Å². The predicted molar refractivity (Wildman–Crippen MR) is 127 cm³/mol. The SMILES string of the molecule is CNCCN1CCC(c2cc(C)c3nc(-c4cc(Cl)cc(OC)c4OC)[nH]c3c2)CC1. The van der Waals surface area contributed by atoms with Gasteiger partial charge in [-0.05, 0) is 69.1 Å². The minimum absolute atomic E-state index is 0.579. The second kappa shape index (κ2) is 9.47. The number of fused-ring (bicyclic) bond motifs is 1. The molecule has 2 N–H and O–H groups in total. The van der Waals surface area contributed by atoms with Crippen molar-refractivity contribution in [2.45, 2.75) is 25.7 Å². The van der Waals surface area contributed by atoms with Crippen molar-refractivity contribution in [3.05, 3.63) is 40.4 Å². The lowest BCUT2D eigenvalue weighted by Gasteiger charge is -2.32. The Kier molecular flexibility index (Phi) is 6.70. The first-order valence-corrected chi connectivity index (χ1v) is 11.2. The first-order chi connectivity index (χ1) is 15.0. The highest BCUT2D eigenvalue weighted by Crippen LogP contribution is 2.40. The van der Waals surface area contributed by atoms with E-state index in [1.54, 1.807) is 20.3 Å². The standard InChI is InChI=1S/C24H31ClN4O2/c1-15-11-17(16-5-8-29(9-6-16)10-7-26-2)12-20-22(15)28-24(27-20)19-13-18(25)14-21(30-3)23(19)31-4/h11-14,16,26H,5-10H2,1-4H3,(H,27,28). The summed E-state index contributed by atoms with van der Waals surface area (Å²) in [6.45, 7) is 6.60. The molecule has 2 aromatic carbocycles. The molecular formula is C24H31ClN4O2. The number of likely N-dealkylation sites (tertiary alicyclic amines) is 1. The molecule has 0 saturated carbocycles. The summed E-state index contributed by atoms with van der Waals surface area (Å²) in [5.41, 5.74) is 5.39. The van der Waals surface area contributed by atoms with Gasteiger partial charge in [0.05, 0.1) is 30.8 Å². The number of hydrogen-bond acceptors (Lipinski definition) is 5. The Morgan fingerprint density at radius 2 is 1.94 bits per heavy atom. The van der Waals surface area contributed by atoms with Crippen LogP contribution in [0.2, 0.25) is 5.02 Å². The number of nitrogens with zero attached hydrogens (tertiary/aromatic N) is 2. The van der Waals surface area contributed by atoms with Gasteiger partial charge in [0.15, 0.2) is 11.5 Å². The lowest BCUT2D eigenvalue weighted by Crippen LogP contribution is -2.37. The third-order valence-corrected chi connectivity index (χ3v) is 6.45. The fourth-order valence-electron chi connectivity index (χ4n) is 4.55. The zero-order valence-corrected chi connectivity index (χ0v) is 19.5. The largest absolute Gasteiger partial charge is 0.493 e. The zero-order chi connectivity index (χ0) is 22.0. The lowest BCUT2D eigenvalue weighted by molar-refractivity contribution is 0.214. The number of methoxy groups -OCH3 is 2. The summed E-state index contributed by atoms with van der Waals surface area (Å²) in [6, 6.07) is 8.17. The Hall–Kier alpha value is -2.28. The molecular weight excluding hydrogens is 412 g/mol. The molecule has 4 rings (SSSR count). The van der Waals surface area contributed by atoms with Crippen molar-refractivity contribution in [2.24, 2.45) is 0 Å². The maximum absolute atomic E-state index is 6.32. The average Bonchev–Trinajstić information content (AvgIpc) is 3.22. The maximum Gasteiger partial charge on any atom is 0.171 e. The quantitative estimate of drug-likeness (QED) is 0.559. The lowest BCUT2D eigenvalue weighted by atomic mass is 9.88. The Bertz CT molecular complexity index is 1060. The van der Waals surface area contributed by atoms with Crippen LogP contribution in [0.25, 0.3) is 22.4 Å². The number of likely N-dealkylation sites (N-methyl/N-ethyl adjacent to an activating group) is 1. The summed E-state index contributed by atoms with van der Waals surface area (Å²) >= 11 is 6.32. The van der Waals surface area contributed by atoms with Crippen LogP contribution in [0.1, 0.15) is 29.9 Å². The van der Waals surface area contributed by atoms with E-state index in [-0.39, 0.29) is 0 Å². The molecule has 0 radical (unpaired) electrons. The highest BCUT2D eigenvalue weighted by atomic mass is 35.5. The van der Waals surface area contributed by atoms with Crippen molar-refractivity contribution >= 4 is 22.6 Å². The molecule has 0 unspecified atom stereocenters. The van der Waals surface area contributed by atoms with Crippen LogP contribution in [0.4, 0.5) is 0 Å². The second-order valence-corrected chi connectivity index (χ2v) is 8.66. The van der Waals surface area contributed by atoms with Gasteiger partial charge in [0.25, 0.3) is 0 Å². The number of piperidine rings is 1. The molecule has 6 nitrogen and oxygen atoms in total. The molecule has 0 spiro atoms. The molecule has 1 fully saturated rings. The molecule has 3 aromatic rings. The Morgan fingerprint density at radius 1 is 1.16 bits per heavy atom. The van der Waals surface area contributed by atoms with E-state index < -0.39 is 0 Å². The average molecular weight is 443 g/mol. The third kappa shape index (κ3) is 4.52. The summed E-state index contributed by atoms with van der Waals surface area (Å²) in [7, 11) is 5.25. The third-order valence-electron chi connectivity index (χ3n) is 6.24. The van der Waals surface area contributed by atoms with Crippen LogP contribution in [-0.4, -0.2) is 62.3 Å². The number of aromatic amines is 1. The van der Waals surface area contributed by atoms with Gasteiger partial charge >= 0.3 is 0 Å². The molecule has 31 heavy (non-hydrogen) atoms. The number of aryl methyl sites for hydroxylation is 1. The molecule has 0 bridgehead atoms. The van der Waals surface area contributed by atoms with E-state index in [9.17, 15) is 0 Å². The Labute approximate surface area is 188 Å². The summed E-state index contributed by atoms with van der Waals surface area (Å²) in [6.07, 6.45) is 2.38. The van der Waals surface area contributed by atoms with Gasteiger partial charge in [-0.3, -0.25) is 0 Å². The number of hydrogen-bond donors (Lipinski definition) is 2. The van der Waals surface area contributed by atoms with E-state index in [2.05, 4.69) is 34.3 Å². The van der Waals surface area contributed by atoms with E-state index >= 15 is 0 Å². The topological polar surface area (TPSA) is 62.4 Å². The van der Waals surface area contributed by atoms with Crippen LogP contribution in [0.5, 0.6) is 11.5 Å². The van der Waals surface area contributed by atoms with Gasteiger partial charge < -0.3 is 24.7 Å².